The van der Waals surface area contributed by atoms with Crippen LogP contribution in [0.4, 0.5) is 5.69 Å². The Morgan fingerprint density at radius 3 is 2.42 bits per heavy atom. The van der Waals surface area contributed by atoms with Crippen molar-refractivity contribution < 1.29 is 13.2 Å². The van der Waals surface area contributed by atoms with E-state index >= 15 is 0 Å². The molecule has 0 saturated carbocycles. The van der Waals surface area contributed by atoms with E-state index in [4.69, 9.17) is 0 Å². The normalized spacial score (nSPS) is 16.8. The van der Waals surface area contributed by atoms with Gasteiger partial charge in [-0.05, 0) is 71.3 Å². The minimum Gasteiger partial charge on any atom is -0.326 e. The van der Waals surface area contributed by atoms with Crippen LogP contribution >= 0.6 is 0 Å². The molecule has 1 aliphatic rings. The molecule has 2 rings (SSSR count). The maximum Gasteiger partial charge on any atom is 0.241 e. The zero-order valence-corrected chi connectivity index (χ0v) is 15.6. The summed E-state index contributed by atoms with van der Waals surface area (Å²) in [6, 6.07) is 4.99. The Bertz CT molecular complexity index is 702. The van der Waals surface area contributed by atoms with Crippen LogP contribution in [0.3, 0.4) is 0 Å². The zero-order valence-electron chi connectivity index (χ0n) is 14.8. The summed E-state index contributed by atoms with van der Waals surface area (Å²) in [4.78, 5) is 12.5. The number of hydrogen-bond donors (Lipinski definition) is 3. The summed E-state index contributed by atoms with van der Waals surface area (Å²) < 4.78 is 27.8. The molecule has 6 nitrogen and oxygen atoms in total. The Hall–Kier alpha value is -1.44. The highest BCUT2D eigenvalue weighted by Crippen LogP contribution is 2.23. The van der Waals surface area contributed by atoms with Crippen molar-refractivity contribution in [3.63, 3.8) is 0 Å². The number of amides is 1. The Labute approximate surface area is 144 Å². The highest BCUT2D eigenvalue weighted by molar-refractivity contribution is 7.89. The molecule has 0 bridgehead atoms. The minimum absolute atomic E-state index is 0.0275. The molecule has 1 aromatic rings. The van der Waals surface area contributed by atoms with Crippen molar-refractivity contribution in [2.24, 2.45) is 5.92 Å². The third kappa shape index (κ3) is 5.03. The number of sulfonamides is 1. The van der Waals surface area contributed by atoms with Crippen molar-refractivity contribution in [2.75, 3.05) is 18.4 Å². The molecule has 1 aliphatic heterocycles. The molecule has 0 atom stereocenters. The van der Waals surface area contributed by atoms with Crippen LogP contribution in [0.15, 0.2) is 23.1 Å². The van der Waals surface area contributed by atoms with Crippen LogP contribution in [0.25, 0.3) is 0 Å². The molecule has 1 amide bonds. The van der Waals surface area contributed by atoms with E-state index in [-0.39, 0.29) is 16.7 Å². The lowest BCUT2D eigenvalue weighted by atomic mass is 9.97. The molecule has 0 unspecified atom stereocenters. The largest absolute Gasteiger partial charge is 0.326 e. The van der Waals surface area contributed by atoms with Crippen molar-refractivity contribution in [1.29, 1.82) is 0 Å². The number of benzene rings is 1. The summed E-state index contributed by atoms with van der Waals surface area (Å²) in [5, 5.41) is 6.08. The molecule has 1 fully saturated rings. The topological polar surface area (TPSA) is 87.3 Å². The lowest BCUT2D eigenvalue weighted by Gasteiger charge is -2.23. The number of aryl methyl sites for hydroxylation is 1. The van der Waals surface area contributed by atoms with Gasteiger partial charge in [0.25, 0.3) is 0 Å². The molecule has 0 aliphatic carbocycles. The van der Waals surface area contributed by atoms with Crippen molar-refractivity contribution in [3.05, 3.63) is 23.8 Å². The first kappa shape index (κ1) is 18.9. The van der Waals surface area contributed by atoms with Crippen LogP contribution in [0, 0.1) is 12.8 Å². The number of carbonyl (C=O) groups excluding carboxylic acids is 1. The maximum absolute atomic E-state index is 12.6. The standard InChI is InChI=1S/C17H27N3O3S/c1-12-5-6-14(19-16(21)13-7-9-18-10-8-13)11-15(12)24(22,23)20-17(2,3)4/h5-6,11,13,18,20H,7-10H2,1-4H3,(H,19,21). The van der Waals surface area contributed by atoms with Gasteiger partial charge in [-0.15, -0.1) is 0 Å². The van der Waals surface area contributed by atoms with E-state index in [1.54, 1.807) is 39.8 Å². The third-order valence-electron chi connectivity index (χ3n) is 3.90. The van der Waals surface area contributed by atoms with Crippen molar-refractivity contribution in [1.82, 2.24) is 10.0 Å². The molecule has 1 heterocycles. The molecule has 1 aromatic carbocycles. The first-order valence-corrected chi connectivity index (χ1v) is 9.73. The van der Waals surface area contributed by atoms with Crippen LogP contribution < -0.4 is 15.4 Å². The van der Waals surface area contributed by atoms with E-state index in [9.17, 15) is 13.2 Å². The Morgan fingerprint density at radius 1 is 1.21 bits per heavy atom. The second-order valence-electron chi connectivity index (χ2n) is 7.35. The van der Waals surface area contributed by atoms with Crippen LogP contribution in [0.2, 0.25) is 0 Å². The molecule has 24 heavy (non-hydrogen) atoms. The van der Waals surface area contributed by atoms with Crippen LogP contribution in [0.1, 0.15) is 39.2 Å². The number of nitrogens with one attached hydrogen (secondary N) is 3. The lowest BCUT2D eigenvalue weighted by Crippen LogP contribution is -2.40. The Kier molecular flexibility index (Phi) is 5.67. The number of hydrogen-bond acceptors (Lipinski definition) is 4. The summed E-state index contributed by atoms with van der Waals surface area (Å²) in [5.41, 5.74) is 0.588. The monoisotopic (exact) mass is 353 g/mol. The average molecular weight is 353 g/mol. The third-order valence-corrected chi connectivity index (χ3v) is 5.80. The average Bonchev–Trinajstić information content (AvgIpc) is 2.47. The van der Waals surface area contributed by atoms with E-state index in [2.05, 4.69) is 15.4 Å². The molecule has 0 radical (unpaired) electrons. The van der Waals surface area contributed by atoms with Gasteiger partial charge in [0.05, 0.1) is 4.90 Å². The second-order valence-corrected chi connectivity index (χ2v) is 9.00. The predicted molar refractivity (Wildman–Crippen MR) is 95.5 cm³/mol. The van der Waals surface area contributed by atoms with Crippen molar-refractivity contribution in [2.45, 2.75) is 51.0 Å². The Morgan fingerprint density at radius 2 is 1.83 bits per heavy atom. The van der Waals surface area contributed by atoms with Crippen LogP contribution in [-0.2, 0) is 14.8 Å². The van der Waals surface area contributed by atoms with Crippen LogP contribution in [-0.4, -0.2) is 33.0 Å². The molecule has 7 heteroatoms. The van der Waals surface area contributed by atoms with Gasteiger partial charge in [-0.1, -0.05) is 6.07 Å². The van der Waals surface area contributed by atoms with Gasteiger partial charge in [-0.3, -0.25) is 4.79 Å². The molecule has 0 aromatic heterocycles. The lowest BCUT2D eigenvalue weighted by molar-refractivity contribution is -0.120. The van der Waals surface area contributed by atoms with Gasteiger partial charge < -0.3 is 10.6 Å². The fourth-order valence-electron chi connectivity index (χ4n) is 2.75. The first-order valence-electron chi connectivity index (χ1n) is 8.25. The smallest absolute Gasteiger partial charge is 0.241 e. The maximum atomic E-state index is 12.6. The summed E-state index contributed by atoms with van der Waals surface area (Å²) in [6.45, 7) is 8.80. The van der Waals surface area contributed by atoms with Gasteiger partial charge in [0.1, 0.15) is 0 Å². The van der Waals surface area contributed by atoms with E-state index in [1.165, 1.54) is 6.07 Å². The summed E-state index contributed by atoms with van der Waals surface area (Å²) in [6.07, 6.45) is 1.60. The van der Waals surface area contributed by atoms with Gasteiger partial charge in [0.2, 0.25) is 15.9 Å². The van der Waals surface area contributed by atoms with E-state index in [1.807, 2.05) is 0 Å². The second kappa shape index (κ2) is 7.21. The van der Waals surface area contributed by atoms with Gasteiger partial charge in [-0.25, -0.2) is 13.1 Å². The first-order chi connectivity index (χ1) is 11.1. The summed E-state index contributed by atoms with van der Waals surface area (Å²) in [7, 11) is -3.64. The number of rotatable bonds is 4. The molecule has 1 saturated heterocycles. The SMILES string of the molecule is Cc1ccc(NC(=O)C2CCNCC2)cc1S(=O)(=O)NC(C)(C)C. The van der Waals surface area contributed by atoms with Gasteiger partial charge in [0.15, 0.2) is 0 Å². The number of carbonyl (C=O) groups is 1. The zero-order chi connectivity index (χ0) is 18.0. The molecular formula is C17H27N3O3S. The predicted octanol–water partition coefficient (Wildman–Crippen LogP) is 2.01. The molecule has 3 N–H and O–H groups in total. The minimum atomic E-state index is -3.64. The fourth-order valence-corrected chi connectivity index (χ4v) is 4.44. The number of piperidine rings is 1. The fraction of sp³-hybridized carbons (Fsp3) is 0.588. The molecular weight excluding hydrogens is 326 g/mol. The molecule has 134 valence electrons. The van der Waals surface area contributed by atoms with Crippen molar-refractivity contribution >= 4 is 21.6 Å². The number of anilines is 1. The van der Waals surface area contributed by atoms with Crippen LogP contribution in [0.5, 0.6) is 0 Å². The van der Waals surface area contributed by atoms with E-state index < -0.39 is 15.6 Å². The van der Waals surface area contributed by atoms with Gasteiger partial charge in [0, 0.05) is 17.1 Å². The Balaban J connectivity index is 2.20. The van der Waals surface area contributed by atoms with E-state index in [0.717, 1.165) is 25.9 Å². The quantitative estimate of drug-likeness (QED) is 0.773. The van der Waals surface area contributed by atoms with E-state index in [0.29, 0.717) is 11.3 Å². The highest BCUT2D eigenvalue weighted by Gasteiger charge is 2.25. The summed E-state index contributed by atoms with van der Waals surface area (Å²) in [5.74, 6) is -0.0761. The van der Waals surface area contributed by atoms with Gasteiger partial charge in [-0.2, -0.15) is 0 Å². The van der Waals surface area contributed by atoms with Crippen molar-refractivity contribution in [3.8, 4) is 0 Å². The summed E-state index contributed by atoms with van der Waals surface area (Å²) >= 11 is 0. The highest BCUT2D eigenvalue weighted by atomic mass is 32.2. The van der Waals surface area contributed by atoms with Gasteiger partial charge >= 0.3 is 0 Å². The molecule has 0 spiro atoms.